The molecule has 0 saturated heterocycles. The summed E-state index contributed by atoms with van der Waals surface area (Å²) in [5.74, 6) is 0.473. The molecule has 0 spiro atoms. The van der Waals surface area contributed by atoms with Crippen molar-refractivity contribution in [3.63, 3.8) is 0 Å². The fourth-order valence-corrected chi connectivity index (χ4v) is 2.28. The van der Waals surface area contributed by atoms with Crippen molar-refractivity contribution in [1.82, 2.24) is 0 Å². The molecule has 0 aliphatic carbocycles. The zero-order valence-electron chi connectivity index (χ0n) is 12.4. The van der Waals surface area contributed by atoms with Crippen molar-refractivity contribution < 1.29 is 14.6 Å². The third kappa shape index (κ3) is 4.27. The Morgan fingerprint density at radius 1 is 1.11 bits per heavy atom. The minimum Gasteiger partial charge on any atom is -0.449 e. The molecule has 0 bridgehead atoms. The molecule has 3 nitrogen and oxygen atoms in total. The van der Waals surface area contributed by atoms with Crippen LogP contribution in [0.25, 0.3) is 0 Å². The summed E-state index contributed by atoms with van der Waals surface area (Å²) in [7, 11) is 0. The molecule has 1 rings (SSSR count). The summed E-state index contributed by atoms with van der Waals surface area (Å²) in [5, 5.41) is 8.77. The van der Waals surface area contributed by atoms with E-state index in [-0.39, 0.29) is 0 Å². The summed E-state index contributed by atoms with van der Waals surface area (Å²) in [6.45, 7) is 8.22. The van der Waals surface area contributed by atoms with Crippen LogP contribution in [0.4, 0.5) is 4.79 Å². The molecule has 0 aliphatic heterocycles. The van der Waals surface area contributed by atoms with Crippen molar-refractivity contribution in [2.75, 3.05) is 0 Å². The monoisotopic (exact) mass is 264 g/mol. The molecule has 0 radical (unpaired) electrons. The van der Waals surface area contributed by atoms with E-state index in [1.165, 1.54) is 30.4 Å². The first-order chi connectivity index (χ1) is 8.97. The summed E-state index contributed by atoms with van der Waals surface area (Å²) in [6, 6.07) is 1.89. The highest BCUT2D eigenvalue weighted by atomic mass is 16.7. The van der Waals surface area contributed by atoms with Gasteiger partial charge in [-0.05, 0) is 61.9 Å². The zero-order valence-corrected chi connectivity index (χ0v) is 12.4. The summed E-state index contributed by atoms with van der Waals surface area (Å²) in [5.41, 5.74) is 4.50. The van der Waals surface area contributed by atoms with E-state index in [1.54, 1.807) is 0 Å². The molecule has 0 fully saturated rings. The lowest BCUT2D eigenvalue weighted by Gasteiger charge is -2.15. The first kappa shape index (κ1) is 15.5. The van der Waals surface area contributed by atoms with Crippen molar-refractivity contribution >= 4 is 6.16 Å². The lowest BCUT2D eigenvalue weighted by Crippen LogP contribution is -2.07. The van der Waals surface area contributed by atoms with Crippen LogP contribution in [0.1, 0.15) is 54.9 Å². The largest absolute Gasteiger partial charge is 0.511 e. The van der Waals surface area contributed by atoms with Crippen LogP contribution in [0.2, 0.25) is 0 Å². The molecular weight excluding hydrogens is 240 g/mol. The van der Waals surface area contributed by atoms with Gasteiger partial charge in [0.15, 0.2) is 0 Å². The molecule has 106 valence electrons. The fraction of sp³-hybridized carbons (Fsp3) is 0.562. The predicted octanol–water partition coefficient (Wildman–Crippen LogP) is 4.79. The van der Waals surface area contributed by atoms with E-state index in [4.69, 9.17) is 9.84 Å². The molecule has 3 heteroatoms. The number of benzene rings is 1. The molecule has 0 atom stereocenters. The average molecular weight is 264 g/mol. The van der Waals surface area contributed by atoms with Crippen molar-refractivity contribution in [2.45, 2.75) is 59.8 Å². The topological polar surface area (TPSA) is 46.5 Å². The fourth-order valence-electron chi connectivity index (χ4n) is 2.28. The van der Waals surface area contributed by atoms with E-state index in [1.807, 2.05) is 19.9 Å². The van der Waals surface area contributed by atoms with Gasteiger partial charge in [0.05, 0.1) is 0 Å². The smallest absolute Gasteiger partial charge is 0.449 e. The van der Waals surface area contributed by atoms with Gasteiger partial charge in [-0.25, -0.2) is 4.79 Å². The van der Waals surface area contributed by atoms with Crippen LogP contribution in [0.3, 0.4) is 0 Å². The van der Waals surface area contributed by atoms with Gasteiger partial charge in [-0.15, -0.1) is 0 Å². The second kappa shape index (κ2) is 7.17. The quantitative estimate of drug-likeness (QED) is 0.456. The van der Waals surface area contributed by atoms with Gasteiger partial charge >= 0.3 is 6.16 Å². The summed E-state index contributed by atoms with van der Waals surface area (Å²) in [4.78, 5) is 10.7. The van der Waals surface area contributed by atoms with Gasteiger partial charge in [-0.3, -0.25) is 0 Å². The van der Waals surface area contributed by atoms with Crippen LogP contribution in [-0.2, 0) is 6.42 Å². The van der Waals surface area contributed by atoms with E-state index in [2.05, 4.69) is 13.8 Å². The predicted molar refractivity (Wildman–Crippen MR) is 77.2 cm³/mol. The number of aryl methyl sites for hydroxylation is 1. The highest BCUT2D eigenvalue weighted by Crippen LogP contribution is 2.28. The third-order valence-corrected chi connectivity index (χ3v) is 3.78. The van der Waals surface area contributed by atoms with Crippen LogP contribution in [0.5, 0.6) is 5.75 Å². The average Bonchev–Trinajstić information content (AvgIpc) is 2.36. The molecule has 19 heavy (non-hydrogen) atoms. The summed E-state index contributed by atoms with van der Waals surface area (Å²) in [6.07, 6.45) is 4.58. The SMILES string of the molecule is CCCCCCc1cc(OC(=O)O)c(C)c(C)c1C. The number of ether oxygens (including phenoxy) is 1. The molecule has 1 aromatic rings. The number of rotatable bonds is 6. The minimum atomic E-state index is -1.25. The Morgan fingerprint density at radius 3 is 2.37 bits per heavy atom. The standard InChI is InChI=1S/C16H24O3/c1-5-6-7-8-9-14-10-15(19-16(17)18)13(4)11(2)12(14)3/h10H,5-9H2,1-4H3,(H,17,18). The molecule has 0 unspecified atom stereocenters. The Hall–Kier alpha value is -1.51. The Morgan fingerprint density at radius 2 is 1.79 bits per heavy atom. The Labute approximate surface area is 115 Å². The van der Waals surface area contributed by atoms with Gasteiger partial charge in [0.2, 0.25) is 0 Å². The van der Waals surface area contributed by atoms with Crippen molar-refractivity contribution in [2.24, 2.45) is 0 Å². The maximum Gasteiger partial charge on any atom is 0.511 e. The van der Waals surface area contributed by atoms with Crippen LogP contribution in [0, 0.1) is 20.8 Å². The lowest BCUT2D eigenvalue weighted by molar-refractivity contribution is 0.144. The van der Waals surface area contributed by atoms with E-state index in [0.29, 0.717) is 5.75 Å². The van der Waals surface area contributed by atoms with Gasteiger partial charge in [0.1, 0.15) is 5.75 Å². The van der Waals surface area contributed by atoms with Gasteiger partial charge in [0, 0.05) is 0 Å². The lowest BCUT2D eigenvalue weighted by atomic mass is 9.94. The van der Waals surface area contributed by atoms with E-state index in [0.717, 1.165) is 24.0 Å². The van der Waals surface area contributed by atoms with Gasteiger partial charge in [-0.1, -0.05) is 26.2 Å². The number of hydrogen-bond acceptors (Lipinski definition) is 2. The molecular formula is C16H24O3. The van der Waals surface area contributed by atoms with Crippen molar-refractivity contribution in [3.8, 4) is 5.75 Å². The van der Waals surface area contributed by atoms with Crippen LogP contribution in [-0.4, -0.2) is 11.3 Å². The third-order valence-electron chi connectivity index (χ3n) is 3.78. The number of hydrogen-bond donors (Lipinski definition) is 1. The van der Waals surface area contributed by atoms with Crippen LogP contribution >= 0.6 is 0 Å². The number of carboxylic acid groups (broad SMARTS) is 1. The first-order valence-corrected chi connectivity index (χ1v) is 6.97. The van der Waals surface area contributed by atoms with Crippen molar-refractivity contribution in [1.29, 1.82) is 0 Å². The van der Waals surface area contributed by atoms with Crippen LogP contribution in [0.15, 0.2) is 6.07 Å². The maximum atomic E-state index is 10.7. The molecule has 1 N–H and O–H groups in total. The molecule has 1 aromatic carbocycles. The minimum absolute atomic E-state index is 0.473. The molecule has 0 saturated carbocycles. The van der Waals surface area contributed by atoms with E-state index < -0.39 is 6.16 Å². The van der Waals surface area contributed by atoms with Gasteiger partial charge in [0.25, 0.3) is 0 Å². The highest BCUT2D eigenvalue weighted by molar-refractivity contribution is 5.63. The Kier molecular flexibility index (Phi) is 5.87. The Bertz CT molecular complexity index is 450. The zero-order chi connectivity index (χ0) is 14.4. The first-order valence-electron chi connectivity index (χ1n) is 6.97. The number of carbonyl (C=O) groups is 1. The van der Waals surface area contributed by atoms with E-state index >= 15 is 0 Å². The molecule has 0 amide bonds. The van der Waals surface area contributed by atoms with Gasteiger partial charge < -0.3 is 9.84 Å². The highest BCUT2D eigenvalue weighted by Gasteiger charge is 2.12. The van der Waals surface area contributed by atoms with Crippen molar-refractivity contribution in [3.05, 3.63) is 28.3 Å². The molecule has 0 heterocycles. The second-order valence-electron chi connectivity index (χ2n) is 5.09. The molecule has 0 aliphatic rings. The Balaban J connectivity index is 2.91. The second-order valence-corrected chi connectivity index (χ2v) is 5.09. The normalized spacial score (nSPS) is 10.5. The summed E-state index contributed by atoms with van der Waals surface area (Å²) >= 11 is 0. The summed E-state index contributed by atoms with van der Waals surface area (Å²) < 4.78 is 4.87. The van der Waals surface area contributed by atoms with Gasteiger partial charge in [-0.2, -0.15) is 0 Å². The number of unbranched alkanes of at least 4 members (excludes halogenated alkanes) is 3. The van der Waals surface area contributed by atoms with Crippen LogP contribution < -0.4 is 4.74 Å². The molecule has 0 aromatic heterocycles. The van der Waals surface area contributed by atoms with E-state index in [9.17, 15) is 4.79 Å². The maximum absolute atomic E-state index is 10.7.